The average molecular weight is 220 g/mol. The number of nitrogens with one attached hydrogen (secondary N) is 1. The van der Waals surface area contributed by atoms with Crippen molar-refractivity contribution >= 4 is 11.8 Å². The quantitative estimate of drug-likeness (QED) is 0.761. The first-order chi connectivity index (χ1) is 7.66. The topological polar surface area (TPSA) is 106 Å². The lowest BCUT2D eigenvalue weighted by Crippen LogP contribution is -2.08. The average Bonchev–Trinajstić information content (AvgIpc) is 2.65. The summed E-state index contributed by atoms with van der Waals surface area (Å²) in [6.45, 7) is 1.74. The smallest absolute Gasteiger partial charge is 0.409 e. The third-order valence-electron chi connectivity index (χ3n) is 1.84. The minimum atomic E-state index is -1.13. The minimum Gasteiger partial charge on any atom is -0.465 e. The molecule has 2 heterocycles. The molecule has 0 radical (unpaired) electrons. The van der Waals surface area contributed by atoms with Gasteiger partial charge in [-0.15, -0.1) is 5.10 Å². The van der Waals surface area contributed by atoms with Crippen LogP contribution >= 0.6 is 0 Å². The van der Waals surface area contributed by atoms with E-state index in [-0.39, 0.29) is 0 Å². The van der Waals surface area contributed by atoms with Crippen LogP contribution in [0.2, 0.25) is 0 Å². The van der Waals surface area contributed by atoms with Crippen molar-refractivity contribution in [3.8, 4) is 5.82 Å². The maximum atomic E-state index is 10.4. The van der Waals surface area contributed by atoms with Crippen molar-refractivity contribution in [1.29, 1.82) is 0 Å². The zero-order valence-electron chi connectivity index (χ0n) is 8.32. The molecule has 1 amide bonds. The zero-order chi connectivity index (χ0) is 11.5. The first kappa shape index (κ1) is 10.0. The van der Waals surface area contributed by atoms with Gasteiger partial charge in [0.05, 0.1) is 11.9 Å². The van der Waals surface area contributed by atoms with Crippen LogP contribution in [0.25, 0.3) is 5.82 Å². The van der Waals surface area contributed by atoms with E-state index in [0.29, 0.717) is 17.3 Å². The Morgan fingerprint density at radius 3 is 2.81 bits per heavy atom. The fourth-order valence-corrected chi connectivity index (χ4v) is 1.15. The van der Waals surface area contributed by atoms with Crippen LogP contribution < -0.4 is 5.32 Å². The highest BCUT2D eigenvalue weighted by atomic mass is 16.4. The summed E-state index contributed by atoms with van der Waals surface area (Å²) in [5.74, 6) is 1.13. The van der Waals surface area contributed by atoms with Gasteiger partial charge in [0.25, 0.3) is 0 Å². The second kappa shape index (κ2) is 3.93. The number of anilines is 1. The molecule has 0 bridgehead atoms. The van der Waals surface area contributed by atoms with Crippen molar-refractivity contribution in [3.63, 3.8) is 0 Å². The minimum absolute atomic E-state index is 0.391. The Balaban J connectivity index is 2.26. The Bertz CT molecular complexity index is 506. The lowest BCUT2D eigenvalue weighted by Gasteiger charge is -2.02. The molecule has 2 N–H and O–H groups in total. The fourth-order valence-electron chi connectivity index (χ4n) is 1.15. The van der Waals surface area contributed by atoms with E-state index in [9.17, 15) is 4.79 Å². The van der Waals surface area contributed by atoms with Gasteiger partial charge in [-0.1, -0.05) is 0 Å². The summed E-state index contributed by atoms with van der Waals surface area (Å²) >= 11 is 0. The molecule has 2 aromatic rings. The summed E-state index contributed by atoms with van der Waals surface area (Å²) in [6, 6.07) is 3.20. The molecular weight excluding hydrogens is 212 g/mol. The largest absolute Gasteiger partial charge is 0.465 e. The highest BCUT2D eigenvalue weighted by molar-refractivity contribution is 5.82. The van der Waals surface area contributed by atoms with E-state index in [0.717, 1.165) is 0 Å². The molecule has 8 nitrogen and oxygen atoms in total. The lowest BCUT2D eigenvalue weighted by atomic mass is 10.4. The monoisotopic (exact) mass is 220 g/mol. The molecule has 0 aliphatic heterocycles. The molecule has 0 aliphatic carbocycles. The standard InChI is InChI=1S/C8H8N6O2/c1-5-11-12-13-14(5)7-3-2-6(4-9-7)10-8(15)16/h2-4,10H,1H3,(H,15,16). The molecule has 2 rings (SSSR count). The molecule has 0 fully saturated rings. The Hall–Kier alpha value is -2.51. The predicted molar refractivity (Wildman–Crippen MR) is 53.3 cm³/mol. The molecule has 0 saturated carbocycles. The van der Waals surface area contributed by atoms with Gasteiger partial charge in [-0.2, -0.15) is 4.68 Å². The molecule has 0 saturated heterocycles. The maximum absolute atomic E-state index is 10.4. The molecule has 0 unspecified atom stereocenters. The summed E-state index contributed by atoms with van der Waals surface area (Å²) in [7, 11) is 0. The van der Waals surface area contributed by atoms with E-state index in [2.05, 4.69) is 25.8 Å². The number of pyridine rings is 1. The molecule has 82 valence electrons. The summed E-state index contributed by atoms with van der Waals surface area (Å²) in [5.41, 5.74) is 0.391. The third-order valence-corrected chi connectivity index (χ3v) is 1.84. The number of rotatable bonds is 2. The van der Waals surface area contributed by atoms with Crippen molar-refractivity contribution < 1.29 is 9.90 Å². The van der Waals surface area contributed by atoms with E-state index in [4.69, 9.17) is 5.11 Å². The van der Waals surface area contributed by atoms with Gasteiger partial charge in [-0.25, -0.2) is 9.78 Å². The summed E-state index contributed by atoms with van der Waals surface area (Å²) < 4.78 is 1.45. The van der Waals surface area contributed by atoms with Gasteiger partial charge in [0.2, 0.25) is 0 Å². The van der Waals surface area contributed by atoms with Gasteiger partial charge in [0.1, 0.15) is 0 Å². The summed E-state index contributed by atoms with van der Waals surface area (Å²) in [5, 5.41) is 21.6. The normalized spacial score (nSPS) is 10.1. The number of tetrazole rings is 1. The van der Waals surface area contributed by atoms with Gasteiger partial charge >= 0.3 is 6.09 Å². The molecule has 0 aliphatic rings. The van der Waals surface area contributed by atoms with Gasteiger partial charge in [-0.3, -0.25) is 5.32 Å². The predicted octanol–water partition coefficient (Wildman–Crippen LogP) is 0.456. The number of nitrogens with zero attached hydrogens (tertiary/aromatic N) is 5. The molecular formula is C8H8N6O2. The number of hydrogen-bond acceptors (Lipinski definition) is 5. The van der Waals surface area contributed by atoms with E-state index in [1.54, 1.807) is 19.1 Å². The van der Waals surface area contributed by atoms with E-state index in [1.165, 1.54) is 10.9 Å². The Morgan fingerprint density at radius 1 is 1.50 bits per heavy atom. The number of aryl methyl sites for hydroxylation is 1. The van der Waals surface area contributed by atoms with Gasteiger partial charge in [0.15, 0.2) is 11.6 Å². The molecule has 0 aromatic carbocycles. The molecule has 2 aromatic heterocycles. The second-order valence-electron chi connectivity index (χ2n) is 2.97. The SMILES string of the molecule is Cc1nnnn1-c1ccc(NC(=O)O)cn1. The van der Waals surface area contributed by atoms with Crippen LogP contribution in [0.3, 0.4) is 0 Å². The summed E-state index contributed by atoms with van der Waals surface area (Å²) in [4.78, 5) is 14.4. The van der Waals surface area contributed by atoms with E-state index < -0.39 is 6.09 Å². The highest BCUT2D eigenvalue weighted by Crippen LogP contribution is 2.09. The molecule has 8 heteroatoms. The van der Waals surface area contributed by atoms with E-state index >= 15 is 0 Å². The maximum Gasteiger partial charge on any atom is 0.409 e. The van der Waals surface area contributed by atoms with Crippen LogP contribution in [0.1, 0.15) is 5.82 Å². The van der Waals surface area contributed by atoms with Crippen molar-refractivity contribution in [3.05, 3.63) is 24.2 Å². The number of carboxylic acid groups (broad SMARTS) is 1. The number of amides is 1. The van der Waals surface area contributed by atoms with Crippen molar-refractivity contribution in [2.24, 2.45) is 0 Å². The Kier molecular flexibility index (Phi) is 2.46. The highest BCUT2D eigenvalue weighted by Gasteiger charge is 2.05. The van der Waals surface area contributed by atoms with Gasteiger partial charge < -0.3 is 5.11 Å². The zero-order valence-corrected chi connectivity index (χ0v) is 8.32. The van der Waals surface area contributed by atoms with Crippen LogP contribution in [0.4, 0.5) is 10.5 Å². The van der Waals surface area contributed by atoms with Crippen LogP contribution in [0.5, 0.6) is 0 Å². The number of carbonyl (C=O) groups is 1. The van der Waals surface area contributed by atoms with Crippen LogP contribution in [-0.4, -0.2) is 36.4 Å². The fraction of sp³-hybridized carbons (Fsp3) is 0.125. The second-order valence-corrected chi connectivity index (χ2v) is 2.97. The van der Waals surface area contributed by atoms with Crippen LogP contribution in [0, 0.1) is 6.92 Å². The molecule has 16 heavy (non-hydrogen) atoms. The number of aromatic nitrogens is 5. The van der Waals surface area contributed by atoms with Crippen molar-refractivity contribution in [2.45, 2.75) is 6.92 Å². The van der Waals surface area contributed by atoms with Gasteiger partial charge in [-0.05, 0) is 29.5 Å². The molecule has 0 atom stereocenters. The Labute approximate surface area is 89.9 Å². The number of hydrogen-bond donors (Lipinski definition) is 2. The van der Waals surface area contributed by atoms with Crippen molar-refractivity contribution in [2.75, 3.05) is 5.32 Å². The van der Waals surface area contributed by atoms with Crippen molar-refractivity contribution in [1.82, 2.24) is 25.2 Å². The molecule has 0 spiro atoms. The third kappa shape index (κ3) is 1.95. The van der Waals surface area contributed by atoms with Crippen LogP contribution in [-0.2, 0) is 0 Å². The summed E-state index contributed by atoms with van der Waals surface area (Å²) in [6.07, 6.45) is 0.262. The first-order valence-electron chi connectivity index (χ1n) is 4.38. The first-order valence-corrected chi connectivity index (χ1v) is 4.38. The van der Waals surface area contributed by atoms with Crippen LogP contribution in [0.15, 0.2) is 18.3 Å². The van der Waals surface area contributed by atoms with E-state index in [1.807, 2.05) is 0 Å². The Morgan fingerprint density at radius 2 is 2.31 bits per heavy atom. The van der Waals surface area contributed by atoms with Gasteiger partial charge in [0, 0.05) is 0 Å². The lowest BCUT2D eigenvalue weighted by molar-refractivity contribution is 0.209.